The van der Waals surface area contributed by atoms with Gasteiger partial charge in [0.05, 0.1) is 15.8 Å². The van der Waals surface area contributed by atoms with Crippen LogP contribution in [0.3, 0.4) is 0 Å². The molecule has 1 aromatic heterocycles. The van der Waals surface area contributed by atoms with Gasteiger partial charge in [0.1, 0.15) is 5.70 Å². The summed E-state index contributed by atoms with van der Waals surface area (Å²) in [4.78, 5) is 39.9. The first-order chi connectivity index (χ1) is 18.4. The molecule has 0 saturated carbocycles. The number of benzene rings is 3. The molecule has 0 aliphatic heterocycles. The van der Waals surface area contributed by atoms with Crippen LogP contribution in [0.1, 0.15) is 15.2 Å². The van der Waals surface area contributed by atoms with Crippen molar-refractivity contribution in [1.82, 2.24) is 5.32 Å². The zero-order valence-corrected chi connectivity index (χ0v) is 22.9. The molecular weight excluding hydrogens is 561 g/mol. The van der Waals surface area contributed by atoms with Crippen molar-refractivity contribution in [1.29, 1.82) is 0 Å². The molecule has 38 heavy (non-hydrogen) atoms. The summed E-state index contributed by atoms with van der Waals surface area (Å²) in [6, 6.07) is 24.4. The van der Waals surface area contributed by atoms with E-state index in [1.807, 2.05) is 29.6 Å². The Morgan fingerprint density at radius 2 is 1.61 bits per heavy atom. The lowest BCUT2D eigenvalue weighted by Crippen LogP contribution is -2.30. The first kappa shape index (κ1) is 27.5. The quantitative estimate of drug-likeness (QED) is 0.144. The van der Waals surface area contributed by atoms with E-state index in [-0.39, 0.29) is 23.3 Å². The highest BCUT2D eigenvalue weighted by atomic mass is 35.5. The number of hydrogen-bond acceptors (Lipinski definition) is 5. The summed E-state index contributed by atoms with van der Waals surface area (Å²) in [6.45, 7) is 0. The Morgan fingerprint density at radius 1 is 0.816 bits per heavy atom. The number of carbonyl (C=O) groups excluding carboxylic acids is 3. The molecule has 0 aliphatic rings. The molecule has 3 N–H and O–H groups in total. The second-order valence-corrected chi connectivity index (χ2v) is 10.7. The molecule has 3 aromatic carbocycles. The predicted octanol–water partition coefficient (Wildman–Crippen LogP) is 7.20. The molecule has 0 spiro atoms. The van der Waals surface area contributed by atoms with Gasteiger partial charge < -0.3 is 16.0 Å². The minimum Gasteiger partial charge on any atom is -0.325 e. The minimum absolute atomic E-state index is 0.111. The van der Waals surface area contributed by atoms with Gasteiger partial charge in [-0.15, -0.1) is 23.1 Å². The third kappa shape index (κ3) is 7.97. The van der Waals surface area contributed by atoms with E-state index in [4.69, 9.17) is 23.2 Å². The standard InChI is InChI=1S/C28H21Cl2N3O3S2/c29-23-12-11-20(15-24(23)30)31-26(34)17-38-21-9-4-8-19(14-21)32-28(36)25(16-22-10-5-13-37-22)33-27(35)18-6-2-1-3-7-18/h1-16H,17H2,(H,31,34)(H,32,36)(H,33,35)/b25-16-. The van der Waals surface area contributed by atoms with Crippen LogP contribution in [0, 0.1) is 0 Å². The molecule has 4 aromatic rings. The van der Waals surface area contributed by atoms with E-state index in [0.29, 0.717) is 27.0 Å². The lowest BCUT2D eigenvalue weighted by Gasteiger charge is -2.12. The van der Waals surface area contributed by atoms with Gasteiger partial charge >= 0.3 is 0 Å². The van der Waals surface area contributed by atoms with Gasteiger partial charge in [-0.3, -0.25) is 14.4 Å². The molecule has 4 rings (SSSR count). The third-order valence-electron chi connectivity index (χ3n) is 5.02. The fraction of sp³-hybridized carbons (Fsp3) is 0.0357. The Kier molecular flexibility index (Phi) is 9.62. The largest absolute Gasteiger partial charge is 0.325 e. The molecule has 0 unspecified atom stereocenters. The van der Waals surface area contributed by atoms with Gasteiger partial charge in [-0.2, -0.15) is 0 Å². The van der Waals surface area contributed by atoms with Crippen LogP contribution in [0.4, 0.5) is 11.4 Å². The van der Waals surface area contributed by atoms with Crippen molar-refractivity contribution in [2.24, 2.45) is 0 Å². The number of anilines is 2. The van der Waals surface area contributed by atoms with E-state index in [1.54, 1.807) is 66.7 Å². The van der Waals surface area contributed by atoms with E-state index >= 15 is 0 Å². The van der Waals surface area contributed by atoms with Gasteiger partial charge in [-0.05, 0) is 66.1 Å². The summed E-state index contributed by atoms with van der Waals surface area (Å²) in [5.41, 5.74) is 1.62. The van der Waals surface area contributed by atoms with Crippen LogP contribution in [0.2, 0.25) is 10.0 Å². The Labute approximate surface area is 238 Å². The predicted molar refractivity (Wildman–Crippen MR) is 157 cm³/mol. The van der Waals surface area contributed by atoms with Crippen LogP contribution < -0.4 is 16.0 Å². The smallest absolute Gasteiger partial charge is 0.272 e. The Balaban J connectivity index is 1.40. The zero-order chi connectivity index (χ0) is 26.9. The van der Waals surface area contributed by atoms with Crippen LogP contribution in [0.15, 0.2) is 101 Å². The van der Waals surface area contributed by atoms with Gasteiger partial charge in [-0.1, -0.05) is 53.5 Å². The van der Waals surface area contributed by atoms with Gasteiger partial charge in [-0.25, -0.2) is 0 Å². The maximum atomic E-state index is 13.2. The van der Waals surface area contributed by atoms with E-state index < -0.39 is 5.91 Å². The van der Waals surface area contributed by atoms with E-state index in [9.17, 15) is 14.4 Å². The number of thioether (sulfide) groups is 1. The van der Waals surface area contributed by atoms with Gasteiger partial charge in [0, 0.05) is 26.7 Å². The SMILES string of the molecule is O=C(CSc1cccc(NC(=O)/C(=C/c2cccs2)NC(=O)c2ccccc2)c1)Nc1ccc(Cl)c(Cl)c1. The molecule has 0 bridgehead atoms. The number of rotatable bonds is 9. The summed E-state index contributed by atoms with van der Waals surface area (Å²) in [6.07, 6.45) is 1.63. The maximum absolute atomic E-state index is 13.2. The number of amides is 3. The Bertz CT molecular complexity index is 1480. The lowest BCUT2D eigenvalue weighted by molar-refractivity contribution is -0.114. The van der Waals surface area contributed by atoms with Crippen molar-refractivity contribution in [3.8, 4) is 0 Å². The van der Waals surface area contributed by atoms with E-state index in [0.717, 1.165) is 9.77 Å². The van der Waals surface area contributed by atoms with Gasteiger partial charge in [0.2, 0.25) is 5.91 Å². The third-order valence-corrected chi connectivity index (χ3v) is 7.58. The highest BCUT2D eigenvalue weighted by molar-refractivity contribution is 8.00. The lowest BCUT2D eigenvalue weighted by atomic mass is 10.2. The average Bonchev–Trinajstić information content (AvgIpc) is 3.43. The maximum Gasteiger partial charge on any atom is 0.272 e. The van der Waals surface area contributed by atoms with Crippen LogP contribution in [0.25, 0.3) is 6.08 Å². The van der Waals surface area contributed by atoms with Gasteiger partial charge in [0.25, 0.3) is 11.8 Å². The monoisotopic (exact) mass is 581 g/mol. The number of thiophene rings is 1. The first-order valence-electron chi connectivity index (χ1n) is 11.3. The molecule has 192 valence electrons. The molecular formula is C28H21Cl2N3O3S2. The zero-order valence-electron chi connectivity index (χ0n) is 19.7. The molecule has 10 heteroatoms. The second-order valence-electron chi connectivity index (χ2n) is 7.84. The Morgan fingerprint density at radius 3 is 2.34 bits per heavy atom. The number of carbonyl (C=O) groups is 3. The van der Waals surface area contributed by atoms with Crippen molar-refractivity contribution in [2.45, 2.75) is 4.90 Å². The number of hydrogen-bond donors (Lipinski definition) is 3. The fourth-order valence-electron chi connectivity index (χ4n) is 3.24. The molecule has 0 aliphatic carbocycles. The fourth-order valence-corrected chi connectivity index (χ4v) is 4.95. The molecule has 0 atom stereocenters. The minimum atomic E-state index is -0.470. The highest BCUT2D eigenvalue weighted by Gasteiger charge is 2.16. The molecule has 0 fully saturated rings. The Hall–Kier alpha value is -3.56. The molecule has 0 radical (unpaired) electrons. The van der Waals surface area contributed by atoms with Crippen molar-refractivity contribution >= 4 is 81.5 Å². The van der Waals surface area contributed by atoms with Gasteiger partial charge in [0.15, 0.2) is 0 Å². The molecule has 3 amide bonds. The van der Waals surface area contributed by atoms with Crippen molar-refractivity contribution in [3.63, 3.8) is 0 Å². The van der Waals surface area contributed by atoms with Crippen molar-refractivity contribution < 1.29 is 14.4 Å². The summed E-state index contributed by atoms with van der Waals surface area (Å²) in [5.74, 6) is -0.926. The van der Waals surface area contributed by atoms with Crippen LogP contribution in [0.5, 0.6) is 0 Å². The highest BCUT2D eigenvalue weighted by Crippen LogP contribution is 2.26. The summed E-state index contributed by atoms with van der Waals surface area (Å²) < 4.78 is 0. The average molecular weight is 583 g/mol. The summed E-state index contributed by atoms with van der Waals surface area (Å²) in [7, 11) is 0. The van der Waals surface area contributed by atoms with Crippen molar-refractivity contribution in [2.75, 3.05) is 16.4 Å². The van der Waals surface area contributed by atoms with Crippen LogP contribution in [-0.2, 0) is 9.59 Å². The van der Waals surface area contributed by atoms with Crippen LogP contribution >= 0.6 is 46.3 Å². The van der Waals surface area contributed by atoms with Crippen molar-refractivity contribution in [3.05, 3.63) is 116 Å². The number of halogens is 2. The normalized spacial score (nSPS) is 11.1. The van der Waals surface area contributed by atoms with Crippen LogP contribution in [-0.4, -0.2) is 23.5 Å². The molecule has 6 nitrogen and oxygen atoms in total. The topological polar surface area (TPSA) is 87.3 Å². The number of nitrogens with one attached hydrogen (secondary N) is 3. The van der Waals surface area contributed by atoms with E-state index in [1.165, 1.54) is 23.1 Å². The summed E-state index contributed by atoms with van der Waals surface area (Å²) in [5, 5.41) is 11.0. The van der Waals surface area contributed by atoms with E-state index in [2.05, 4.69) is 16.0 Å². The summed E-state index contributed by atoms with van der Waals surface area (Å²) >= 11 is 14.7. The second kappa shape index (κ2) is 13.3. The molecule has 0 saturated heterocycles. The molecule has 1 heterocycles. The first-order valence-corrected chi connectivity index (χ1v) is 13.9.